The molecular weight excluding hydrogens is 315 g/mol. The van der Waals surface area contributed by atoms with Crippen molar-refractivity contribution in [3.63, 3.8) is 0 Å². The Labute approximate surface area is 134 Å². The second kappa shape index (κ2) is 6.71. The van der Waals surface area contributed by atoms with Gasteiger partial charge in [0.25, 0.3) is 0 Å². The monoisotopic (exact) mass is 328 g/mol. The molecule has 0 amide bonds. The highest BCUT2D eigenvalue weighted by Gasteiger charge is 2.15. The van der Waals surface area contributed by atoms with Crippen LogP contribution in [0.3, 0.4) is 0 Å². The van der Waals surface area contributed by atoms with Crippen molar-refractivity contribution in [2.24, 2.45) is 0 Å². The molecular formula is C16H15Cl3O. The van der Waals surface area contributed by atoms with Crippen molar-refractivity contribution in [1.29, 1.82) is 0 Å². The molecule has 0 radical (unpaired) electrons. The molecule has 0 bridgehead atoms. The molecule has 0 saturated carbocycles. The van der Waals surface area contributed by atoms with Crippen molar-refractivity contribution in [1.82, 2.24) is 0 Å². The number of hydrogen-bond acceptors (Lipinski definition) is 1. The van der Waals surface area contributed by atoms with Gasteiger partial charge < -0.3 is 4.74 Å². The molecule has 20 heavy (non-hydrogen) atoms. The van der Waals surface area contributed by atoms with E-state index < -0.39 is 0 Å². The molecule has 0 aromatic heterocycles. The van der Waals surface area contributed by atoms with Crippen LogP contribution in [0.4, 0.5) is 0 Å². The third-order valence-corrected chi connectivity index (χ3v) is 3.84. The Morgan fingerprint density at radius 2 is 1.60 bits per heavy atom. The highest BCUT2D eigenvalue weighted by Crippen LogP contribution is 2.35. The lowest BCUT2D eigenvalue weighted by Crippen LogP contribution is -2.05. The van der Waals surface area contributed by atoms with Crippen LogP contribution in [-0.4, -0.2) is 6.10 Å². The predicted molar refractivity (Wildman–Crippen MR) is 86.4 cm³/mol. The van der Waals surface area contributed by atoms with Crippen molar-refractivity contribution in [3.05, 3.63) is 63.6 Å². The van der Waals surface area contributed by atoms with E-state index in [0.717, 1.165) is 16.9 Å². The quantitative estimate of drug-likeness (QED) is 0.615. The maximum atomic E-state index is 6.48. The molecule has 106 valence electrons. The zero-order valence-electron chi connectivity index (χ0n) is 11.2. The number of rotatable bonds is 4. The summed E-state index contributed by atoms with van der Waals surface area (Å²) in [6.07, 6.45) is 0.148. The number of benzene rings is 2. The van der Waals surface area contributed by atoms with Crippen molar-refractivity contribution < 1.29 is 4.74 Å². The van der Waals surface area contributed by atoms with Crippen molar-refractivity contribution in [2.75, 3.05) is 0 Å². The summed E-state index contributed by atoms with van der Waals surface area (Å²) in [6, 6.07) is 13.0. The molecule has 0 saturated heterocycles. The molecule has 0 fully saturated rings. The zero-order chi connectivity index (χ0) is 14.7. The van der Waals surface area contributed by atoms with E-state index in [4.69, 9.17) is 39.5 Å². The summed E-state index contributed by atoms with van der Waals surface area (Å²) in [7, 11) is 0. The van der Waals surface area contributed by atoms with E-state index in [2.05, 4.69) is 0 Å². The Bertz CT molecular complexity index is 579. The summed E-state index contributed by atoms with van der Waals surface area (Å²) in [5, 5.41) is 0.890. The van der Waals surface area contributed by atoms with Gasteiger partial charge in [-0.15, -0.1) is 11.6 Å². The molecule has 1 atom stereocenters. The molecule has 2 rings (SSSR count). The van der Waals surface area contributed by atoms with E-state index in [1.165, 1.54) is 0 Å². The predicted octanol–water partition coefficient (Wildman–Crippen LogP) is 6.11. The van der Waals surface area contributed by atoms with Crippen LogP contribution in [0.2, 0.25) is 10.0 Å². The lowest BCUT2D eigenvalue weighted by atomic mass is 10.0. The van der Waals surface area contributed by atoms with Crippen LogP contribution in [0.15, 0.2) is 42.5 Å². The first-order valence-electron chi connectivity index (χ1n) is 6.33. The summed E-state index contributed by atoms with van der Waals surface area (Å²) < 4.78 is 5.61. The minimum atomic E-state index is -0.339. The van der Waals surface area contributed by atoms with E-state index >= 15 is 0 Å². The summed E-state index contributed by atoms with van der Waals surface area (Å²) in [6.45, 7) is 3.98. The van der Waals surface area contributed by atoms with Crippen LogP contribution in [-0.2, 0) is 0 Å². The smallest absolute Gasteiger partial charge is 0.119 e. The Kier molecular flexibility index (Phi) is 5.20. The fourth-order valence-corrected chi connectivity index (χ4v) is 2.66. The largest absolute Gasteiger partial charge is 0.491 e. The first kappa shape index (κ1) is 15.5. The minimum Gasteiger partial charge on any atom is -0.491 e. The van der Waals surface area contributed by atoms with Gasteiger partial charge in [-0.05, 0) is 55.3 Å². The summed E-state index contributed by atoms with van der Waals surface area (Å²) in [4.78, 5) is 0. The van der Waals surface area contributed by atoms with Gasteiger partial charge in [-0.25, -0.2) is 0 Å². The van der Waals surface area contributed by atoms with Gasteiger partial charge in [0.1, 0.15) is 5.75 Å². The lowest BCUT2D eigenvalue weighted by Gasteiger charge is -2.14. The maximum Gasteiger partial charge on any atom is 0.119 e. The molecule has 2 aromatic carbocycles. The van der Waals surface area contributed by atoms with Gasteiger partial charge in [-0.2, -0.15) is 0 Å². The molecule has 0 spiro atoms. The average Bonchev–Trinajstić information content (AvgIpc) is 2.41. The first-order chi connectivity index (χ1) is 9.47. The van der Waals surface area contributed by atoms with Crippen LogP contribution in [0.1, 0.15) is 30.4 Å². The number of halogens is 3. The van der Waals surface area contributed by atoms with E-state index in [1.807, 2.05) is 38.1 Å². The third-order valence-electron chi connectivity index (χ3n) is 2.78. The van der Waals surface area contributed by atoms with Crippen LogP contribution in [0.5, 0.6) is 5.75 Å². The normalized spacial score (nSPS) is 12.5. The topological polar surface area (TPSA) is 9.23 Å². The Hall–Kier alpha value is -0.890. The van der Waals surface area contributed by atoms with Crippen LogP contribution < -0.4 is 4.74 Å². The summed E-state index contributed by atoms with van der Waals surface area (Å²) in [5.74, 6) is 0.824. The standard InChI is InChI=1S/C16H15Cl3O/c1-10(2)20-13-6-3-11(4-7-13)16(19)14-9-12(17)5-8-15(14)18/h3-10,16H,1-2H3. The second-order valence-corrected chi connectivity index (χ2v) is 6.04. The fourth-order valence-electron chi connectivity index (χ4n) is 1.88. The van der Waals surface area contributed by atoms with Gasteiger partial charge >= 0.3 is 0 Å². The molecule has 1 nitrogen and oxygen atoms in total. The summed E-state index contributed by atoms with van der Waals surface area (Å²) >= 11 is 18.6. The van der Waals surface area contributed by atoms with Gasteiger partial charge in [0.05, 0.1) is 11.5 Å². The van der Waals surface area contributed by atoms with E-state index in [9.17, 15) is 0 Å². The maximum absolute atomic E-state index is 6.48. The Morgan fingerprint density at radius 1 is 0.950 bits per heavy atom. The number of alkyl halides is 1. The average molecular weight is 330 g/mol. The van der Waals surface area contributed by atoms with E-state index in [1.54, 1.807) is 18.2 Å². The highest BCUT2D eigenvalue weighted by atomic mass is 35.5. The Balaban J connectivity index is 2.24. The SMILES string of the molecule is CC(C)Oc1ccc(C(Cl)c2cc(Cl)ccc2Cl)cc1. The van der Waals surface area contributed by atoms with Crippen LogP contribution in [0, 0.1) is 0 Å². The molecule has 2 aromatic rings. The number of hydrogen-bond donors (Lipinski definition) is 0. The first-order valence-corrected chi connectivity index (χ1v) is 7.52. The van der Waals surface area contributed by atoms with Gasteiger partial charge in [0.15, 0.2) is 0 Å². The van der Waals surface area contributed by atoms with Crippen LogP contribution >= 0.6 is 34.8 Å². The van der Waals surface area contributed by atoms with E-state index in [-0.39, 0.29) is 11.5 Å². The molecule has 0 aliphatic carbocycles. The van der Waals surface area contributed by atoms with E-state index in [0.29, 0.717) is 10.0 Å². The van der Waals surface area contributed by atoms with Gasteiger partial charge in [0, 0.05) is 10.0 Å². The molecule has 0 N–H and O–H groups in total. The second-order valence-electron chi connectivity index (χ2n) is 4.76. The molecule has 4 heteroatoms. The van der Waals surface area contributed by atoms with Gasteiger partial charge in [0.2, 0.25) is 0 Å². The number of ether oxygens (including phenoxy) is 1. The van der Waals surface area contributed by atoms with Crippen molar-refractivity contribution in [3.8, 4) is 5.75 Å². The van der Waals surface area contributed by atoms with Gasteiger partial charge in [-0.3, -0.25) is 0 Å². The third kappa shape index (κ3) is 3.82. The fraction of sp³-hybridized carbons (Fsp3) is 0.250. The van der Waals surface area contributed by atoms with Crippen molar-refractivity contribution >= 4 is 34.8 Å². The highest BCUT2D eigenvalue weighted by molar-refractivity contribution is 6.35. The summed E-state index contributed by atoms with van der Waals surface area (Å²) in [5.41, 5.74) is 1.75. The minimum absolute atomic E-state index is 0.148. The zero-order valence-corrected chi connectivity index (χ0v) is 13.5. The molecule has 0 aliphatic rings. The molecule has 0 heterocycles. The lowest BCUT2D eigenvalue weighted by molar-refractivity contribution is 0.242. The van der Waals surface area contributed by atoms with Gasteiger partial charge in [-0.1, -0.05) is 35.3 Å². The Morgan fingerprint density at radius 3 is 2.20 bits per heavy atom. The van der Waals surface area contributed by atoms with Crippen LogP contribution in [0.25, 0.3) is 0 Å². The molecule has 1 unspecified atom stereocenters. The van der Waals surface area contributed by atoms with Crippen molar-refractivity contribution in [2.45, 2.75) is 25.3 Å². The molecule has 0 aliphatic heterocycles.